The smallest absolute Gasteiger partial charge is 0.338 e. The molecule has 0 aromatic heterocycles. The summed E-state index contributed by atoms with van der Waals surface area (Å²) in [5, 5.41) is 0. The van der Waals surface area contributed by atoms with E-state index < -0.39 is 24.0 Å². The van der Waals surface area contributed by atoms with Crippen LogP contribution in [0.15, 0.2) is 85.0 Å². The minimum Gasteiger partial charge on any atom is -0.454 e. The fraction of sp³-hybridized carbons (Fsp3) is 0.229. The van der Waals surface area contributed by atoms with Crippen LogP contribution in [0.25, 0.3) is 22.3 Å². The van der Waals surface area contributed by atoms with Gasteiger partial charge in [-0.2, -0.15) is 0 Å². The first-order chi connectivity index (χ1) is 19.4. The minimum atomic E-state index is -0.563. The maximum atomic E-state index is 12.4. The van der Waals surface area contributed by atoms with E-state index in [1.54, 1.807) is 32.9 Å². The second-order valence-corrected chi connectivity index (χ2v) is 10.6. The third-order valence-corrected chi connectivity index (χ3v) is 7.01. The Balaban J connectivity index is 1.77. The van der Waals surface area contributed by atoms with Crippen LogP contribution < -0.4 is 9.47 Å². The summed E-state index contributed by atoms with van der Waals surface area (Å²) in [5.41, 5.74) is 8.58. The highest BCUT2D eigenvalue weighted by atomic mass is 16.6. The first kappa shape index (κ1) is 29.3. The van der Waals surface area contributed by atoms with Crippen LogP contribution in [0.2, 0.25) is 0 Å². The van der Waals surface area contributed by atoms with Gasteiger partial charge in [0.25, 0.3) is 0 Å². The van der Waals surface area contributed by atoms with Crippen LogP contribution in [0, 0.1) is 13.8 Å². The first-order valence-electron chi connectivity index (χ1n) is 13.4. The Morgan fingerprint density at radius 3 is 2.00 bits per heavy atom. The molecule has 0 saturated heterocycles. The number of fused-ring (bicyclic) bond motifs is 1. The summed E-state index contributed by atoms with van der Waals surface area (Å²) in [5.74, 6) is -0.684. The van der Waals surface area contributed by atoms with Gasteiger partial charge in [-0.1, -0.05) is 50.1 Å². The summed E-state index contributed by atoms with van der Waals surface area (Å²) < 4.78 is 16.9. The van der Waals surface area contributed by atoms with Crippen molar-refractivity contribution in [3.05, 3.63) is 107 Å². The number of aryl methyl sites for hydroxylation is 2. The minimum absolute atomic E-state index is 0.275. The number of benzene rings is 3. The third kappa shape index (κ3) is 6.22. The summed E-state index contributed by atoms with van der Waals surface area (Å²) in [4.78, 5) is 36.9. The van der Waals surface area contributed by atoms with Crippen molar-refractivity contribution in [2.45, 2.75) is 53.6 Å². The zero-order valence-electron chi connectivity index (χ0n) is 24.2. The van der Waals surface area contributed by atoms with Gasteiger partial charge in [0.2, 0.25) is 0 Å². The van der Waals surface area contributed by atoms with E-state index in [0.29, 0.717) is 41.1 Å². The van der Waals surface area contributed by atoms with E-state index in [-0.39, 0.29) is 5.57 Å². The molecule has 6 nitrogen and oxygen atoms in total. The SMILES string of the molecule is C=C(C)C(=O)Oc1cccc(-c2cc(C)c(-c3ccc(OC(=O)C(=C)C)c4c3CCC4OC(=O)C(=C)C)cc2C)c1. The number of hydrogen-bond donors (Lipinski definition) is 0. The number of carbonyl (C=O) groups excluding carboxylic acids is 3. The molecule has 0 radical (unpaired) electrons. The molecule has 0 amide bonds. The second kappa shape index (κ2) is 11.8. The van der Waals surface area contributed by atoms with Crippen molar-refractivity contribution < 1.29 is 28.6 Å². The van der Waals surface area contributed by atoms with Crippen molar-refractivity contribution in [1.29, 1.82) is 0 Å². The molecule has 210 valence electrons. The number of carbonyl (C=O) groups is 3. The molecule has 0 N–H and O–H groups in total. The number of rotatable bonds is 8. The van der Waals surface area contributed by atoms with E-state index >= 15 is 0 Å². The molecule has 1 unspecified atom stereocenters. The Bertz CT molecular complexity index is 1620. The average Bonchev–Trinajstić information content (AvgIpc) is 3.34. The predicted octanol–water partition coefficient (Wildman–Crippen LogP) is 7.71. The van der Waals surface area contributed by atoms with E-state index in [0.717, 1.165) is 38.9 Å². The lowest BCUT2D eigenvalue weighted by atomic mass is 9.88. The summed E-state index contributed by atoms with van der Waals surface area (Å²) in [6.45, 7) is 19.9. The number of hydrogen-bond acceptors (Lipinski definition) is 6. The molecule has 41 heavy (non-hydrogen) atoms. The highest BCUT2D eigenvalue weighted by Gasteiger charge is 2.33. The van der Waals surface area contributed by atoms with Crippen molar-refractivity contribution in [3.8, 4) is 33.8 Å². The lowest BCUT2D eigenvalue weighted by molar-refractivity contribution is -0.144. The number of ether oxygens (including phenoxy) is 3. The summed E-state index contributed by atoms with van der Waals surface area (Å²) in [7, 11) is 0. The molecule has 1 aliphatic rings. The quantitative estimate of drug-likeness (QED) is 0.162. The van der Waals surface area contributed by atoms with E-state index in [9.17, 15) is 14.4 Å². The summed E-state index contributed by atoms with van der Waals surface area (Å²) >= 11 is 0. The second-order valence-electron chi connectivity index (χ2n) is 10.6. The van der Waals surface area contributed by atoms with Crippen LogP contribution in [0.5, 0.6) is 11.5 Å². The Labute approximate surface area is 241 Å². The fourth-order valence-electron chi connectivity index (χ4n) is 4.90. The van der Waals surface area contributed by atoms with E-state index in [2.05, 4.69) is 31.9 Å². The lowest BCUT2D eigenvalue weighted by Crippen LogP contribution is -2.14. The van der Waals surface area contributed by atoms with Gasteiger partial charge in [0, 0.05) is 22.3 Å². The van der Waals surface area contributed by atoms with Crippen LogP contribution >= 0.6 is 0 Å². The van der Waals surface area contributed by atoms with Gasteiger partial charge < -0.3 is 14.2 Å². The molecule has 0 spiro atoms. The van der Waals surface area contributed by atoms with Crippen LogP contribution in [0.1, 0.15) is 55.5 Å². The molecule has 0 saturated carbocycles. The largest absolute Gasteiger partial charge is 0.454 e. The predicted molar refractivity (Wildman–Crippen MR) is 160 cm³/mol. The van der Waals surface area contributed by atoms with Gasteiger partial charge in [0.1, 0.15) is 17.6 Å². The molecule has 1 atom stereocenters. The van der Waals surface area contributed by atoms with Gasteiger partial charge >= 0.3 is 17.9 Å². The molecule has 4 rings (SSSR count). The van der Waals surface area contributed by atoms with Crippen molar-refractivity contribution in [2.24, 2.45) is 0 Å². The summed E-state index contributed by atoms with van der Waals surface area (Å²) in [6.07, 6.45) is 0.648. The normalized spacial score (nSPS) is 13.6. The zero-order chi connectivity index (χ0) is 30.0. The first-order valence-corrected chi connectivity index (χ1v) is 13.4. The van der Waals surface area contributed by atoms with Crippen LogP contribution in [-0.4, -0.2) is 17.9 Å². The Kier molecular flexibility index (Phi) is 8.43. The van der Waals surface area contributed by atoms with Gasteiger partial charge in [-0.3, -0.25) is 0 Å². The zero-order valence-corrected chi connectivity index (χ0v) is 24.2. The maximum Gasteiger partial charge on any atom is 0.338 e. The molecule has 0 heterocycles. The van der Waals surface area contributed by atoms with E-state index in [1.165, 1.54) is 0 Å². The Hall–Kier alpha value is -4.71. The molecule has 0 fully saturated rings. The highest BCUT2D eigenvalue weighted by molar-refractivity contribution is 5.90. The van der Waals surface area contributed by atoms with Gasteiger partial charge in [-0.05, 0) is 105 Å². The maximum absolute atomic E-state index is 12.4. The summed E-state index contributed by atoms with van der Waals surface area (Å²) in [6, 6.07) is 15.3. The van der Waals surface area contributed by atoms with Crippen LogP contribution in [0.4, 0.5) is 0 Å². The van der Waals surface area contributed by atoms with Crippen molar-refractivity contribution >= 4 is 17.9 Å². The Morgan fingerprint density at radius 2 is 1.34 bits per heavy atom. The van der Waals surface area contributed by atoms with Gasteiger partial charge in [0.15, 0.2) is 0 Å². The molecule has 3 aromatic rings. The molecule has 1 aliphatic carbocycles. The monoisotopic (exact) mass is 550 g/mol. The molecular weight excluding hydrogens is 516 g/mol. The molecule has 3 aromatic carbocycles. The van der Waals surface area contributed by atoms with Crippen LogP contribution in [0.3, 0.4) is 0 Å². The lowest BCUT2D eigenvalue weighted by Gasteiger charge is -2.20. The van der Waals surface area contributed by atoms with Gasteiger partial charge in [-0.25, -0.2) is 14.4 Å². The molecular formula is C35H34O6. The van der Waals surface area contributed by atoms with Crippen molar-refractivity contribution in [2.75, 3.05) is 0 Å². The average molecular weight is 551 g/mol. The molecule has 6 heteroatoms. The van der Waals surface area contributed by atoms with Crippen molar-refractivity contribution in [1.82, 2.24) is 0 Å². The van der Waals surface area contributed by atoms with E-state index in [4.69, 9.17) is 14.2 Å². The third-order valence-electron chi connectivity index (χ3n) is 7.01. The highest BCUT2D eigenvalue weighted by Crippen LogP contribution is 2.46. The molecule has 0 aliphatic heterocycles. The topological polar surface area (TPSA) is 78.9 Å². The van der Waals surface area contributed by atoms with Crippen molar-refractivity contribution in [3.63, 3.8) is 0 Å². The van der Waals surface area contributed by atoms with E-state index in [1.807, 2.05) is 38.1 Å². The number of esters is 3. The van der Waals surface area contributed by atoms with Gasteiger partial charge in [0.05, 0.1) is 0 Å². The fourth-order valence-corrected chi connectivity index (χ4v) is 4.90. The van der Waals surface area contributed by atoms with Crippen LogP contribution in [-0.2, 0) is 25.5 Å². The Morgan fingerprint density at radius 1 is 0.732 bits per heavy atom. The molecule has 0 bridgehead atoms. The standard InChI is InChI=1S/C35H34O6/c1-19(2)33(36)39-25-11-9-10-24(18-25)28-16-23(8)29(17-22(28)7)26-12-14-30(40-34(37)20(3)4)32-27(26)13-15-31(32)41-35(38)21(5)6/h9-12,14,16-18,31H,1,3,5,13,15H2,2,4,6-8H3. The van der Waals surface area contributed by atoms with Gasteiger partial charge in [-0.15, -0.1) is 0 Å².